The summed E-state index contributed by atoms with van der Waals surface area (Å²) in [5, 5.41) is 40.1. The third kappa shape index (κ3) is 1.58. The summed E-state index contributed by atoms with van der Waals surface area (Å²) in [6, 6.07) is 8.08. The molecule has 2 bridgehead atoms. The van der Waals surface area contributed by atoms with Crippen LogP contribution in [-0.4, -0.2) is 11.7 Å². The minimum Gasteiger partial charge on any atom is -0.448 e. The molecule has 0 aliphatic carbocycles. The lowest BCUT2D eigenvalue weighted by molar-refractivity contribution is -0.272. The zero-order chi connectivity index (χ0) is 17.8. The van der Waals surface area contributed by atoms with Crippen molar-refractivity contribution in [2.24, 2.45) is 16.7 Å². The summed E-state index contributed by atoms with van der Waals surface area (Å²) in [6.07, 6.45) is -0.490. The van der Waals surface area contributed by atoms with Crippen LogP contribution in [0.5, 0.6) is 0 Å². The molecule has 0 aromatic carbocycles. The van der Waals surface area contributed by atoms with E-state index in [2.05, 4.69) is 6.07 Å². The maximum atomic E-state index is 10.0. The molecular weight excluding hydrogens is 324 g/mol. The number of nitrogens with one attached hydrogen (secondary N) is 1. The molecule has 1 aromatic rings. The van der Waals surface area contributed by atoms with Gasteiger partial charge in [-0.3, -0.25) is 5.41 Å². The molecule has 4 atom stereocenters. The first-order valence-electron chi connectivity index (χ1n) is 7.60. The highest BCUT2D eigenvalue weighted by Gasteiger charge is 2.79. The van der Waals surface area contributed by atoms with Crippen molar-refractivity contribution in [2.75, 3.05) is 0 Å². The van der Waals surface area contributed by atoms with E-state index in [-0.39, 0.29) is 5.90 Å². The van der Waals surface area contributed by atoms with Gasteiger partial charge in [-0.05, 0) is 30.4 Å². The zero-order valence-corrected chi connectivity index (χ0v) is 14.4. The van der Waals surface area contributed by atoms with Gasteiger partial charge >= 0.3 is 0 Å². The summed E-state index contributed by atoms with van der Waals surface area (Å²) >= 11 is 1.38. The number of thiophene rings is 1. The first-order valence-corrected chi connectivity index (χ1v) is 8.48. The zero-order valence-electron chi connectivity index (χ0n) is 13.6. The highest BCUT2D eigenvalue weighted by atomic mass is 32.1. The molecule has 0 saturated carbocycles. The van der Waals surface area contributed by atoms with Crippen LogP contribution in [-0.2, 0) is 9.47 Å². The highest BCUT2D eigenvalue weighted by molar-refractivity contribution is 7.10. The molecule has 1 N–H and O–H groups in total. The Morgan fingerprint density at radius 2 is 1.96 bits per heavy atom. The topological polar surface area (TPSA) is 114 Å². The Morgan fingerprint density at radius 1 is 1.29 bits per heavy atom. The first-order chi connectivity index (χ1) is 11.4. The van der Waals surface area contributed by atoms with Crippen LogP contribution in [0.1, 0.15) is 36.8 Å². The van der Waals surface area contributed by atoms with Crippen LogP contribution in [0, 0.1) is 63.1 Å². The molecule has 7 heteroatoms. The standard InChI is InChI=1S/C17H16N4O2S/c1-4-11-15(3)22-13(12-10(2)5-6-24-12)16(7-18,8-19)17(11,9-20)14(21)23-15/h5-6,11,13,21H,4H2,1-3H3. The van der Waals surface area contributed by atoms with E-state index in [1.54, 1.807) is 6.92 Å². The predicted octanol–water partition coefficient (Wildman–Crippen LogP) is 3.42. The molecule has 2 fully saturated rings. The average Bonchev–Trinajstić information content (AvgIpc) is 3.05. The monoisotopic (exact) mass is 340 g/mol. The van der Waals surface area contributed by atoms with Crippen LogP contribution >= 0.6 is 11.3 Å². The lowest BCUT2D eigenvalue weighted by atomic mass is 9.53. The Balaban J connectivity index is 2.36. The van der Waals surface area contributed by atoms with Crippen molar-refractivity contribution in [3.63, 3.8) is 0 Å². The molecule has 3 heterocycles. The molecule has 0 spiro atoms. The van der Waals surface area contributed by atoms with Crippen molar-refractivity contribution in [1.29, 1.82) is 21.2 Å². The van der Waals surface area contributed by atoms with Crippen molar-refractivity contribution in [2.45, 2.75) is 39.1 Å². The largest absolute Gasteiger partial charge is 0.448 e. The van der Waals surface area contributed by atoms with Crippen LogP contribution < -0.4 is 0 Å². The van der Waals surface area contributed by atoms with Gasteiger partial charge < -0.3 is 9.47 Å². The Labute approximate surface area is 144 Å². The van der Waals surface area contributed by atoms with E-state index in [0.717, 1.165) is 10.4 Å². The molecule has 6 nitrogen and oxygen atoms in total. The molecule has 2 aliphatic rings. The Bertz CT molecular complexity index is 828. The van der Waals surface area contributed by atoms with E-state index in [1.807, 2.05) is 37.4 Å². The van der Waals surface area contributed by atoms with Crippen molar-refractivity contribution in [1.82, 2.24) is 0 Å². The molecule has 4 unspecified atom stereocenters. The minimum atomic E-state index is -1.84. The first kappa shape index (κ1) is 16.5. The fourth-order valence-electron chi connectivity index (χ4n) is 4.11. The molecule has 3 rings (SSSR count). The van der Waals surface area contributed by atoms with Gasteiger partial charge in [0.2, 0.25) is 17.1 Å². The SMILES string of the molecule is CCC1C2(C)OC(=N)C1(C#N)C(C#N)(C#N)C(c1sccc1C)O2. The summed E-state index contributed by atoms with van der Waals surface area (Å²) in [4.78, 5) is 0.719. The average molecular weight is 340 g/mol. The van der Waals surface area contributed by atoms with Gasteiger partial charge in [-0.2, -0.15) is 15.8 Å². The second kappa shape index (κ2) is 5.05. The van der Waals surface area contributed by atoms with E-state index in [1.165, 1.54) is 11.3 Å². The van der Waals surface area contributed by atoms with E-state index in [0.29, 0.717) is 6.42 Å². The molecule has 122 valence electrons. The second-order valence-electron chi connectivity index (χ2n) is 6.33. The Hall–Kier alpha value is -2.40. The molecule has 2 aliphatic heterocycles. The van der Waals surface area contributed by atoms with E-state index < -0.39 is 28.6 Å². The van der Waals surface area contributed by atoms with Gasteiger partial charge in [-0.15, -0.1) is 11.3 Å². The normalized spacial score (nSPS) is 36.2. The van der Waals surface area contributed by atoms with Gasteiger partial charge in [-0.1, -0.05) is 6.92 Å². The van der Waals surface area contributed by atoms with Crippen LogP contribution in [0.3, 0.4) is 0 Å². The van der Waals surface area contributed by atoms with Gasteiger partial charge in [0.25, 0.3) is 0 Å². The second-order valence-corrected chi connectivity index (χ2v) is 7.27. The van der Waals surface area contributed by atoms with Gasteiger partial charge in [0.15, 0.2) is 5.41 Å². The summed E-state index contributed by atoms with van der Waals surface area (Å²) in [6.45, 7) is 5.40. The molecule has 1 aromatic heterocycles. The molecule has 0 amide bonds. The third-order valence-electron chi connectivity index (χ3n) is 5.26. The lowest BCUT2D eigenvalue weighted by Gasteiger charge is -2.48. The molecule has 2 saturated heterocycles. The van der Waals surface area contributed by atoms with E-state index >= 15 is 0 Å². The van der Waals surface area contributed by atoms with Gasteiger partial charge in [0, 0.05) is 11.8 Å². The fourth-order valence-corrected chi connectivity index (χ4v) is 5.13. The van der Waals surface area contributed by atoms with Gasteiger partial charge in [-0.25, -0.2) is 0 Å². The molecule has 24 heavy (non-hydrogen) atoms. The molecular formula is C17H16N4O2S. The smallest absolute Gasteiger partial charge is 0.214 e. The van der Waals surface area contributed by atoms with Crippen molar-refractivity contribution >= 4 is 17.2 Å². The quantitative estimate of drug-likeness (QED) is 0.886. The predicted molar refractivity (Wildman–Crippen MR) is 85.6 cm³/mol. The van der Waals surface area contributed by atoms with Crippen LogP contribution in [0.2, 0.25) is 0 Å². The lowest BCUT2D eigenvalue weighted by Crippen LogP contribution is -2.58. The Kier molecular flexibility index (Phi) is 3.46. The summed E-state index contributed by atoms with van der Waals surface area (Å²) in [7, 11) is 0. The summed E-state index contributed by atoms with van der Waals surface area (Å²) in [5.74, 6) is -2.13. The maximum Gasteiger partial charge on any atom is 0.214 e. The molecule has 0 radical (unpaired) electrons. The fraction of sp³-hybridized carbons (Fsp3) is 0.529. The summed E-state index contributed by atoms with van der Waals surface area (Å²) < 4.78 is 11.8. The van der Waals surface area contributed by atoms with Gasteiger partial charge in [0.1, 0.15) is 6.10 Å². The maximum absolute atomic E-state index is 10.0. The van der Waals surface area contributed by atoms with E-state index in [9.17, 15) is 15.8 Å². The number of nitriles is 3. The number of rotatable bonds is 2. The van der Waals surface area contributed by atoms with Crippen LogP contribution in [0.4, 0.5) is 0 Å². The number of aryl methyl sites for hydroxylation is 1. The van der Waals surface area contributed by atoms with E-state index in [4.69, 9.17) is 14.9 Å². The van der Waals surface area contributed by atoms with Gasteiger partial charge in [0.05, 0.1) is 24.1 Å². The minimum absolute atomic E-state index is 0.348. The van der Waals surface area contributed by atoms with Crippen molar-refractivity contribution < 1.29 is 9.47 Å². The number of fused-ring (bicyclic) bond motifs is 2. The third-order valence-corrected chi connectivity index (χ3v) is 6.32. The Morgan fingerprint density at radius 3 is 2.42 bits per heavy atom. The van der Waals surface area contributed by atoms with Crippen LogP contribution in [0.25, 0.3) is 0 Å². The number of ether oxygens (including phenoxy) is 2. The van der Waals surface area contributed by atoms with Crippen molar-refractivity contribution in [3.8, 4) is 18.2 Å². The number of hydrogen-bond donors (Lipinski definition) is 1. The highest BCUT2D eigenvalue weighted by Crippen LogP contribution is 2.67. The van der Waals surface area contributed by atoms with Crippen LogP contribution in [0.15, 0.2) is 11.4 Å². The number of nitrogens with zero attached hydrogens (tertiary/aromatic N) is 3. The van der Waals surface area contributed by atoms with Crippen molar-refractivity contribution in [3.05, 3.63) is 21.9 Å². The summed E-state index contributed by atoms with van der Waals surface area (Å²) in [5.41, 5.74) is -2.61. The number of hydrogen-bond acceptors (Lipinski definition) is 7.